The summed E-state index contributed by atoms with van der Waals surface area (Å²) in [6, 6.07) is 1.86. The van der Waals surface area contributed by atoms with Gasteiger partial charge in [0.1, 0.15) is 6.33 Å². The molecule has 1 amide bonds. The van der Waals surface area contributed by atoms with Crippen LogP contribution in [0, 0.1) is 0 Å². The van der Waals surface area contributed by atoms with Crippen molar-refractivity contribution in [3.63, 3.8) is 0 Å². The average Bonchev–Trinajstić information content (AvgIpc) is 3.21. The number of pyridine rings is 1. The summed E-state index contributed by atoms with van der Waals surface area (Å²) in [4.78, 5) is 30.5. The molecule has 11 heteroatoms. The first-order chi connectivity index (χ1) is 13.8. The van der Waals surface area contributed by atoms with Gasteiger partial charge in [-0.05, 0) is 25.5 Å². The third-order valence-corrected chi connectivity index (χ3v) is 4.19. The summed E-state index contributed by atoms with van der Waals surface area (Å²) in [5, 5.41) is 4.11. The summed E-state index contributed by atoms with van der Waals surface area (Å²) in [6.45, 7) is 3.89. The molecule has 0 aliphatic rings. The first kappa shape index (κ1) is 20.4. The number of carbonyl (C=O) groups is 1. The molecular weight excluding hydrogens is 387 g/mol. The van der Waals surface area contributed by atoms with Crippen molar-refractivity contribution in [3.05, 3.63) is 60.2 Å². The summed E-state index contributed by atoms with van der Waals surface area (Å²) in [5.41, 5.74) is -1.13. The van der Waals surface area contributed by atoms with Crippen LogP contribution in [0.2, 0.25) is 0 Å². The van der Waals surface area contributed by atoms with Crippen molar-refractivity contribution in [3.8, 4) is 5.95 Å². The van der Waals surface area contributed by atoms with Crippen molar-refractivity contribution in [2.75, 3.05) is 6.54 Å². The zero-order valence-electron chi connectivity index (χ0n) is 15.7. The van der Waals surface area contributed by atoms with Crippen molar-refractivity contribution in [2.24, 2.45) is 0 Å². The van der Waals surface area contributed by atoms with E-state index >= 15 is 0 Å². The lowest BCUT2D eigenvalue weighted by atomic mass is 10.1. The van der Waals surface area contributed by atoms with Crippen molar-refractivity contribution >= 4 is 5.91 Å². The van der Waals surface area contributed by atoms with Gasteiger partial charge in [0, 0.05) is 31.3 Å². The Kier molecular flexibility index (Phi) is 5.85. The molecule has 3 aromatic rings. The number of alkyl halides is 3. The molecule has 0 aliphatic heterocycles. The molecule has 0 aromatic carbocycles. The molecule has 0 fully saturated rings. The number of halogens is 3. The van der Waals surface area contributed by atoms with Gasteiger partial charge in [0.25, 0.3) is 11.9 Å². The number of hydrogen-bond acceptors (Lipinski definition) is 6. The van der Waals surface area contributed by atoms with E-state index < -0.39 is 23.7 Å². The summed E-state index contributed by atoms with van der Waals surface area (Å²) >= 11 is 0. The maximum Gasteiger partial charge on any atom is 0.417 e. The van der Waals surface area contributed by atoms with Crippen molar-refractivity contribution < 1.29 is 18.0 Å². The lowest BCUT2D eigenvalue weighted by Crippen LogP contribution is -2.36. The van der Waals surface area contributed by atoms with Crippen LogP contribution in [0.25, 0.3) is 5.95 Å². The summed E-state index contributed by atoms with van der Waals surface area (Å²) < 4.78 is 40.4. The molecule has 1 unspecified atom stereocenters. The molecule has 3 aromatic heterocycles. The van der Waals surface area contributed by atoms with E-state index in [1.807, 2.05) is 6.92 Å². The van der Waals surface area contributed by atoms with Crippen LogP contribution >= 0.6 is 0 Å². The zero-order chi connectivity index (χ0) is 21.0. The van der Waals surface area contributed by atoms with Crippen LogP contribution in [0.5, 0.6) is 0 Å². The minimum Gasteiger partial charge on any atom is -0.329 e. The van der Waals surface area contributed by atoms with Gasteiger partial charge in [0.15, 0.2) is 5.82 Å². The van der Waals surface area contributed by atoms with Gasteiger partial charge in [-0.1, -0.05) is 6.92 Å². The molecule has 0 radical (unpaired) electrons. The third kappa shape index (κ3) is 4.39. The van der Waals surface area contributed by atoms with E-state index in [1.54, 1.807) is 25.4 Å². The maximum absolute atomic E-state index is 13.0. The van der Waals surface area contributed by atoms with E-state index in [2.05, 4.69) is 25.0 Å². The molecule has 0 bridgehead atoms. The number of aromatic nitrogens is 6. The standard InChI is InChI=1S/C18H18F3N7O/c1-3-7-27(16(29)13-8-14(10-22-9-13)18(19,20)21)12(2)15-25-11-26-28(15)17-23-5-4-6-24-17/h4-6,8-12H,3,7H2,1-2H3. The highest BCUT2D eigenvalue weighted by Crippen LogP contribution is 2.30. The summed E-state index contributed by atoms with van der Waals surface area (Å²) in [5.74, 6) is 0.0795. The smallest absolute Gasteiger partial charge is 0.329 e. The number of hydrogen-bond donors (Lipinski definition) is 0. The first-order valence-electron chi connectivity index (χ1n) is 8.83. The fourth-order valence-corrected chi connectivity index (χ4v) is 2.82. The highest BCUT2D eigenvalue weighted by molar-refractivity contribution is 5.94. The van der Waals surface area contributed by atoms with Crippen LogP contribution in [0.4, 0.5) is 13.2 Å². The van der Waals surface area contributed by atoms with E-state index in [1.165, 1.54) is 15.9 Å². The van der Waals surface area contributed by atoms with Crippen LogP contribution < -0.4 is 0 Å². The molecule has 3 rings (SSSR count). The van der Waals surface area contributed by atoms with Crippen molar-refractivity contribution in [2.45, 2.75) is 32.5 Å². The predicted molar refractivity (Wildman–Crippen MR) is 95.9 cm³/mol. The second-order valence-electron chi connectivity index (χ2n) is 6.21. The Bertz CT molecular complexity index is 975. The molecule has 0 N–H and O–H groups in total. The van der Waals surface area contributed by atoms with E-state index in [0.717, 1.165) is 12.3 Å². The molecule has 8 nitrogen and oxygen atoms in total. The predicted octanol–water partition coefficient (Wildman–Crippen LogP) is 3.08. The van der Waals surface area contributed by atoms with Crippen molar-refractivity contribution in [1.29, 1.82) is 0 Å². The quantitative estimate of drug-likeness (QED) is 0.626. The Morgan fingerprint density at radius 3 is 2.59 bits per heavy atom. The highest BCUT2D eigenvalue weighted by Gasteiger charge is 2.33. The molecule has 0 saturated heterocycles. The van der Waals surface area contributed by atoms with Crippen LogP contribution in [0.1, 0.15) is 48.1 Å². The Morgan fingerprint density at radius 2 is 1.93 bits per heavy atom. The second kappa shape index (κ2) is 8.33. The number of amides is 1. The Hall–Kier alpha value is -3.37. The Morgan fingerprint density at radius 1 is 1.21 bits per heavy atom. The highest BCUT2D eigenvalue weighted by atomic mass is 19.4. The minimum absolute atomic E-state index is 0.151. The Balaban J connectivity index is 1.95. The SMILES string of the molecule is CCCN(C(=O)c1cncc(C(F)(F)F)c1)C(C)c1ncnn1-c1ncccn1. The van der Waals surface area contributed by atoms with E-state index in [9.17, 15) is 18.0 Å². The molecule has 0 spiro atoms. The summed E-state index contributed by atoms with van der Waals surface area (Å²) in [6.07, 6.45) is 2.21. The van der Waals surface area contributed by atoms with Gasteiger partial charge in [-0.2, -0.15) is 23.0 Å². The van der Waals surface area contributed by atoms with Crippen LogP contribution in [0.15, 0.2) is 43.2 Å². The zero-order valence-corrected chi connectivity index (χ0v) is 15.7. The summed E-state index contributed by atoms with van der Waals surface area (Å²) in [7, 11) is 0. The van der Waals surface area contributed by atoms with E-state index in [4.69, 9.17) is 0 Å². The van der Waals surface area contributed by atoms with Crippen LogP contribution in [0.3, 0.4) is 0 Å². The fourth-order valence-electron chi connectivity index (χ4n) is 2.82. The molecule has 0 aliphatic carbocycles. The normalized spacial score (nSPS) is 12.6. The lowest BCUT2D eigenvalue weighted by molar-refractivity contribution is -0.137. The second-order valence-corrected chi connectivity index (χ2v) is 6.21. The Labute approximate surface area is 164 Å². The monoisotopic (exact) mass is 405 g/mol. The third-order valence-electron chi connectivity index (χ3n) is 4.19. The fraction of sp³-hybridized carbons (Fsp3) is 0.333. The van der Waals surface area contributed by atoms with Gasteiger partial charge in [0.05, 0.1) is 17.2 Å². The van der Waals surface area contributed by atoms with Gasteiger partial charge >= 0.3 is 6.18 Å². The maximum atomic E-state index is 13.0. The van der Waals surface area contributed by atoms with E-state index in [0.29, 0.717) is 25.0 Å². The molecule has 3 heterocycles. The van der Waals surface area contributed by atoms with Gasteiger partial charge in [0.2, 0.25) is 0 Å². The first-order valence-corrected chi connectivity index (χ1v) is 8.83. The van der Waals surface area contributed by atoms with Crippen LogP contribution in [-0.4, -0.2) is 47.1 Å². The van der Waals surface area contributed by atoms with E-state index in [-0.39, 0.29) is 11.5 Å². The van der Waals surface area contributed by atoms with Gasteiger partial charge < -0.3 is 4.90 Å². The number of rotatable bonds is 6. The largest absolute Gasteiger partial charge is 0.417 e. The molecule has 1 atom stereocenters. The minimum atomic E-state index is -4.59. The molecular formula is C18H18F3N7O. The van der Waals surface area contributed by atoms with Gasteiger partial charge in [-0.15, -0.1) is 0 Å². The molecule has 152 valence electrons. The molecule has 0 saturated carbocycles. The van der Waals surface area contributed by atoms with Gasteiger partial charge in [-0.25, -0.2) is 15.0 Å². The number of nitrogens with zero attached hydrogens (tertiary/aromatic N) is 7. The average molecular weight is 405 g/mol. The van der Waals surface area contributed by atoms with Crippen LogP contribution in [-0.2, 0) is 6.18 Å². The molecule has 29 heavy (non-hydrogen) atoms. The number of carbonyl (C=O) groups excluding carboxylic acids is 1. The lowest BCUT2D eigenvalue weighted by Gasteiger charge is -2.28. The van der Waals surface area contributed by atoms with Gasteiger partial charge in [-0.3, -0.25) is 9.78 Å². The topological polar surface area (TPSA) is 89.7 Å². The van der Waals surface area contributed by atoms with Crippen molar-refractivity contribution in [1.82, 2.24) is 34.6 Å².